The highest BCUT2D eigenvalue weighted by atomic mass is 16.3. The maximum Gasteiger partial charge on any atom is 0.253 e. The number of carbonyl (C=O) groups excluding carboxylic acids is 1. The van der Waals surface area contributed by atoms with Crippen LogP contribution in [0.1, 0.15) is 23.7 Å². The van der Waals surface area contributed by atoms with Gasteiger partial charge >= 0.3 is 0 Å². The Balaban J connectivity index is 2.83. The van der Waals surface area contributed by atoms with Crippen molar-refractivity contribution in [1.82, 2.24) is 5.32 Å². The van der Waals surface area contributed by atoms with Gasteiger partial charge in [-0.05, 0) is 24.6 Å². The van der Waals surface area contributed by atoms with Gasteiger partial charge in [0.2, 0.25) is 0 Å². The Morgan fingerprint density at radius 1 is 1.57 bits per heavy atom. The van der Waals surface area contributed by atoms with Crippen LogP contribution in [0.4, 0.5) is 5.69 Å². The summed E-state index contributed by atoms with van der Waals surface area (Å²) in [6.45, 7) is 2.57. The molecule has 4 N–H and O–H groups in total. The highest BCUT2D eigenvalue weighted by Gasteiger charge is 2.09. The van der Waals surface area contributed by atoms with Gasteiger partial charge in [-0.15, -0.1) is 0 Å². The average Bonchev–Trinajstić information content (AvgIpc) is 2.18. The van der Waals surface area contributed by atoms with Gasteiger partial charge in [0.15, 0.2) is 0 Å². The van der Waals surface area contributed by atoms with Crippen LogP contribution in [0.2, 0.25) is 0 Å². The van der Waals surface area contributed by atoms with Gasteiger partial charge in [0.05, 0.1) is 5.56 Å². The fourth-order valence-electron chi connectivity index (χ4n) is 1.07. The Kier molecular flexibility index (Phi) is 3.34. The largest absolute Gasteiger partial charge is 0.508 e. The van der Waals surface area contributed by atoms with Crippen LogP contribution in [-0.2, 0) is 0 Å². The molecule has 0 aliphatic rings. The van der Waals surface area contributed by atoms with Crippen LogP contribution in [0.15, 0.2) is 18.2 Å². The molecule has 4 nitrogen and oxygen atoms in total. The molecule has 0 atom stereocenters. The quantitative estimate of drug-likeness (QED) is 0.498. The second kappa shape index (κ2) is 4.50. The molecule has 0 aliphatic heterocycles. The zero-order chi connectivity index (χ0) is 10.6. The smallest absolute Gasteiger partial charge is 0.253 e. The number of nitrogens with two attached hydrogens (primary N) is 1. The summed E-state index contributed by atoms with van der Waals surface area (Å²) in [5.41, 5.74) is 6.28. The summed E-state index contributed by atoms with van der Waals surface area (Å²) in [5.74, 6) is -0.207. The third-order valence-electron chi connectivity index (χ3n) is 1.82. The molecule has 0 saturated carbocycles. The summed E-state index contributed by atoms with van der Waals surface area (Å²) in [6, 6.07) is 4.32. The van der Waals surface area contributed by atoms with Crippen LogP contribution in [-0.4, -0.2) is 17.6 Å². The van der Waals surface area contributed by atoms with Crippen molar-refractivity contribution in [1.29, 1.82) is 0 Å². The summed E-state index contributed by atoms with van der Waals surface area (Å²) in [6.07, 6.45) is 0.866. The Morgan fingerprint density at radius 3 is 2.93 bits per heavy atom. The number of amides is 1. The SMILES string of the molecule is CCCNC(=O)c1cc(O)ccc1N. The van der Waals surface area contributed by atoms with Crippen molar-refractivity contribution >= 4 is 11.6 Å². The lowest BCUT2D eigenvalue weighted by Crippen LogP contribution is -2.24. The zero-order valence-electron chi connectivity index (χ0n) is 8.08. The van der Waals surface area contributed by atoms with Crippen LogP contribution in [0.5, 0.6) is 5.75 Å². The zero-order valence-corrected chi connectivity index (χ0v) is 8.08. The molecule has 76 valence electrons. The van der Waals surface area contributed by atoms with Gasteiger partial charge < -0.3 is 16.2 Å². The number of carbonyl (C=O) groups is 1. The van der Waals surface area contributed by atoms with Gasteiger partial charge in [-0.3, -0.25) is 4.79 Å². The number of nitrogens with one attached hydrogen (secondary N) is 1. The normalized spacial score (nSPS) is 9.79. The first-order valence-electron chi connectivity index (χ1n) is 4.52. The molecule has 1 aromatic carbocycles. The molecule has 0 aromatic heterocycles. The second-order valence-corrected chi connectivity index (χ2v) is 3.03. The number of anilines is 1. The number of nitrogen functional groups attached to an aromatic ring is 1. The van der Waals surface area contributed by atoms with E-state index < -0.39 is 0 Å². The highest BCUT2D eigenvalue weighted by Crippen LogP contribution is 2.17. The van der Waals surface area contributed by atoms with E-state index in [0.29, 0.717) is 17.8 Å². The number of aromatic hydroxyl groups is 1. The molecule has 0 fully saturated rings. The maximum absolute atomic E-state index is 11.5. The first-order chi connectivity index (χ1) is 6.65. The van der Waals surface area contributed by atoms with Gasteiger partial charge in [0, 0.05) is 12.2 Å². The van der Waals surface area contributed by atoms with Crippen molar-refractivity contribution in [2.75, 3.05) is 12.3 Å². The van der Waals surface area contributed by atoms with Crippen molar-refractivity contribution < 1.29 is 9.90 Å². The third-order valence-corrected chi connectivity index (χ3v) is 1.82. The summed E-state index contributed by atoms with van der Waals surface area (Å²) in [4.78, 5) is 11.5. The third kappa shape index (κ3) is 2.39. The van der Waals surface area contributed by atoms with Crippen LogP contribution >= 0.6 is 0 Å². The summed E-state index contributed by atoms with van der Waals surface area (Å²) < 4.78 is 0. The van der Waals surface area contributed by atoms with Gasteiger partial charge in [-0.2, -0.15) is 0 Å². The van der Waals surface area contributed by atoms with E-state index in [4.69, 9.17) is 5.73 Å². The monoisotopic (exact) mass is 194 g/mol. The highest BCUT2D eigenvalue weighted by molar-refractivity contribution is 5.99. The maximum atomic E-state index is 11.5. The van der Waals surface area contributed by atoms with Crippen LogP contribution in [0.25, 0.3) is 0 Å². The van der Waals surface area contributed by atoms with Crippen molar-refractivity contribution in [2.45, 2.75) is 13.3 Å². The van der Waals surface area contributed by atoms with Gasteiger partial charge in [-0.25, -0.2) is 0 Å². The van der Waals surface area contributed by atoms with Crippen molar-refractivity contribution in [3.8, 4) is 5.75 Å². The standard InChI is InChI=1S/C10H14N2O2/c1-2-5-12-10(14)8-6-7(13)3-4-9(8)11/h3-4,6,13H,2,5,11H2,1H3,(H,12,14). The number of hydrogen-bond donors (Lipinski definition) is 3. The molecule has 0 unspecified atom stereocenters. The molecule has 1 rings (SSSR count). The fraction of sp³-hybridized carbons (Fsp3) is 0.300. The Morgan fingerprint density at radius 2 is 2.29 bits per heavy atom. The van der Waals surface area contributed by atoms with Crippen LogP contribution in [0.3, 0.4) is 0 Å². The Bertz CT molecular complexity index is 337. The van der Waals surface area contributed by atoms with E-state index in [-0.39, 0.29) is 11.7 Å². The van der Waals surface area contributed by atoms with Gasteiger partial charge in [0.1, 0.15) is 5.75 Å². The first-order valence-corrected chi connectivity index (χ1v) is 4.52. The number of phenols is 1. The van der Waals surface area contributed by atoms with Gasteiger partial charge in [0.25, 0.3) is 5.91 Å². The van der Waals surface area contributed by atoms with E-state index in [9.17, 15) is 9.90 Å². The predicted octanol–water partition coefficient (Wildman–Crippen LogP) is 1.11. The molecule has 1 amide bonds. The number of rotatable bonds is 3. The topological polar surface area (TPSA) is 75.3 Å². The molecule has 0 heterocycles. The molecular formula is C10H14N2O2. The van der Waals surface area contributed by atoms with Crippen LogP contribution in [0, 0.1) is 0 Å². The van der Waals surface area contributed by atoms with E-state index >= 15 is 0 Å². The fourth-order valence-corrected chi connectivity index (χ4v) is 1.07. The minimum absolute atomic E-state index is 0.0425. The molecule has 4 heteroatoms. The first kappa shape index (κ1) is 10.4. The Labute approximate surface area is 82.7 Å². The number of benzene rings is 1. The molecule has 0 spiro atoms. The lowest BCUT2D eigenvalue weighted by Gasteiger charge is -2.06. The van der Waals surface area contributed by atoms with E-state index in [1.54, 1.807) is 0 Å². The van der Waals surface area contributed by atoms with Crippen molar-refractivity contribution in [2.24, 2.45) is 0 Å². The molecule has 0 saturated heterocycles. The van der Waals surface area contributed by atoms with Crippen LogP contribution < -0.4 is 11.1 Å². The van der Waals surface area contributed by atoms with E-state index in [0.717, 1.165) is 6.42 Å². The molecule has 14 heavy (non-hydrogen) atoms. The van der Waals surface area contributed by atoms with Gasteiger partial charge in [-0.1, -0.05) is 6.92 Å². The lowest BCUT2D eigenvalue weighted by molar-refractivity contribution is 0.0954. The lowest BCUT2D eigenvalue weighted by atomic mass is 10.1. The molecule has 0 aliphatic carbocycles. The second-order valence-electron chi connectivity index (χ2n) is 3.03. The van der Waals surface area contributed by atoms with Crippen molar-refractivity contribution in [3.05, 3.63) is 23.8 Å². The summed E-state index contributed by atoms with van der Waals surface area (Å²) >= 11 is 0. The Hall–Kier alpha value is -1.71. The van der Waals surface area contributed by atoms with E-state index in [1.165, 1.54) is 18.2 Å². The molecular weight excluding hydrogens is 180 g/mol. The predicted molar refractivity (Wildman–Crippen MR) is 55.1 cm³/mol. The minimum atomic E-state index is -0.250. The van der Waals surface area contributed by atoms with E-state index in [2.05, 4.69) is 5.32 Å². The van der Waals surface area contributed by atoms with E-state index in [1.807, 2.05) is 6.92 Å². The average molecular weight is 194 g/mol. The number of hydrogen-bond acceptors (Lipinski definition) is 3. The van der Waals surface area contributed by atoms with Crippen molar-refractivity contribution in [3.63, 3.8) is 0 Å². The summed E-state index contributed by atoms with van der Waals surface area (Å²) in [5, 5.41) is 11.9. The number of phenolic OH excluding ortho intramolecular Hbond substituents is 1. The molecule has 1 aromatic rings. The molecule has 0 radical (unpaired) electrons. The molecule has 0 bridgehead atoms. The summed E-state index contributed by atoms with van der Waals surface area (Å²) in [7, 11) is 0. The minimum Gasteiger partial charge on any atom is -0.508 e.